The van der Waals surface area contributed by atoms with Gasteiger partial charge in [-0.2, -0.15) is 13.2 Å². The molecule has 0 radical (unpaired) electrons. The van der Waals surface area contributed by atoms with E-state index in [1.807, 2.05) is 0 Å². The topological polar surface area (TPSA) is 26.0 Å². The summed E-state index contributed by atoms with van der Waals surface area (Å²) in [6.07, 6.45) is -4.37. The minimum atomic E-state index is -4.37. The number of nitrogens with zero attached hydrogens (tertiary/aromatic N) is 1. The minimum absolute atomic E-state index is 0.131. The third-order valence-corrected chi connectivity index (χ3v) is 2.44. The van der Waals surface area contributed by atoms with E-state index in [-0.39, 0.29) is 5.88 Å². The Morgan fingerprint density at radius 2 is 2.00 bits per heavy atom. The fraction of sp³-hybridized carbons (Fsp3) is 0.182. The molecule has 1 heterocycles. The van der Waals surface area contributed by atoms with Gasteiger partial charge in [-0.25, -0.2) is 0 Å². The molecule has 1 aromatic carbocycles. The lowest BCUT2D eigenvalue weighted by Gasteiger charge is -2.06. The molecule has 2 aromatic rings. The molecule has 0 atom stereocenters. The Hall–Kier alpha value is -1.49. The number of aromatic nitrogens is 1. The molecule has 90 valence electrons. The molecule has 0 spiro atoms. The molecule has 2 rings (SSSR count). The van der Waals surface area contributed by atoms with Crippen LogP contribution in [0, 0.1) is 0 Å². The van der Waals surface area contributed by atoms with Gasteiger partial charge in [-0.3, -0.25) is 0 Å². The molecule has 0 aliphatic carbocycles. The average Bonchev–Trinajstić information content (AvgIpc) is 2.76. The zero-order chi connectivity index (χ0) is 12.5. The van der Waals surface area contributed by atoms with Crippen molar-refractivity contribution in [3.63, 3.8) is 0 Å². The summed E-state index contributed by atoms with van der Waals surface area (Å²) in [4.78, 5) is 0. The van der Waals surface area contributed by atoms with Crippen LogP contribution in [-0.4, -0.2) is 5.16 Å². The van der Waals surface area contributed by atoms with Gasteiger partial charge in [0.2, 0.25) is 0 Å². The Balaban J connectivity index is 2.39. The normalized spacial score (nSPS) is 11.8. The fourth-order valence-electron chi connectivity index (χ4n) is 1.37. The molecule has 0 aliphatic heterocycles. The van der Waals surface area contributed by atoms with Gasteiger partial charge in [0.15, 0.2) is 5.76 Å². The van der Waals surface area contributed by atoms with Crippen molar-refractivity contribution in [1.82, 2.24) is 5.16 Å². The lowest BCUT2D eigenvalue weighted by Crippen LogP contribution is -2.04. The monoisotopic (exact) mass is 261 g/mol. The van der Waals surface area contributed by atoms with Crippen molar-refractivity contribution in [3.8, 4) is 11.3 Å². The molecular formula is C11H7ClF3NO. The Labute approximate surface area is 100.0 Å². The Kier molecular flexibility index (Phi) is 3.11. The van der Waals surface area contributed by atoms with E-state index >= 15 is 0 Å². The average molecular weight is 262 g/mol. The van der Waals surface area contributed by atoms with Crippen LogP contribution in [0.15, 0.2) is 34.9 Å². The number of hydrogen-bond donors (Lipinski definition) is 0. The molecule has 0 unspecified atom stereocenters. The van der Waals surface area contributed by atoms with Gasteiger partial charge in [0.05, 0.1) is 11.4 Å². The Morgan fingerprint density at radius 3 is 2.59 bits per heavy atom. The Morgan fingerprint density at radius 1 is 1.24 bits per heavy atom. The van der Waals surface area contributed by atoms with Gasteiger partial charge < -0.3 is 4.52 Å². The first-order valence-electron chi connectivity index (χ1n) is 4.70. The van der Waals surface area contributed by atoms with Crippen LogP contribution in [0.5, 0.6) is 0 Å². The largest absolute Gasteiger partial charge is 0.416 e. The molecule has 0 N–H and O–H groups in total. The molecule has 0 bridgehead atoms. The number of rotatable bonds is 2. The van der Waals surface area contributed by atoms with Crippen molar-refractivity contribution in [2.45, 2.75) is 12.1 Å². The van der Waals surface area contributed by atoms with Crippen LogP contribution in [0.4, 0.5) is 13.2 Å². The second-order valence-electron chi connectivity index (χ2n) is 3.39. The van der Waals surface area contributed by atoms with Crippen LogP contribution in [0.2, 0.25) is 0 Å². The predicted octanol–water partition coefficient (Wildman–Crippen LogP) is 4.10. The molecule has 2 nitrogen and oxygen atoms in total. The number of benzene rings is 1. The lowest BCUT2D eigenvalue weighted by molar-refractivity contribution is -0.137. The molecule has 0 amide bonds. The van der Waals surface area contributed by atoms with E-state index in [0.29, 0.717) is 17.0 Å². The first kappa shape index (κ1) is 12.0. The second kappa shape index (κ2) is 4.41. The molecule has 0 fully saturated rings. The highest BCUT2D eigenvalue weighted by molar-refractivity contribution is 6.16. The van der Waals surface area contributed by atoms with Crippen LogP contribution in [0.25, 0.3) is 11.3 Å². The maximum atomic E-state index is 12.5. The summed E-state index contributed by atoms with van der Waals surface area (Å²) in [7, 11) is 0. The van der Waals surface area contributed by atoms with Gasteiger partial charge in [-0.05, 0) is 12.1 Å². The first-order chi connectivity index (χ1) is 8.00. The Bertz CT molecular complexity index is 521. The van der Waals surface area contributed by atoms with E-state index in [4.69, 9.17) is 16.1 Å². The van der Waals surface area contributed by atoms with Crippen molar-refractivity contribution in [2.24, 2.45) is 0 Å². The van der Waals surface area contributed by atoms with Gasteiger partial charge in [0.25, 0.3) is 0 Å². The van der Waals surface area contributed by atoms with Gasteiger partial charge in [-0.1, -0.05) is 17.3 Å². The summed E-state index contributed by atoms with van der Waals surface area (Å²) in [6, 6.07) is 6.41. The van der Waals surface area contributed by atoms with E-state index in [0.717, 1.165) is 12.1 Å². The lowest BCUT2D eigenvalue weighted by atomic mass is 10.1. The van der Waals surface area contributed by atoms with Crippen molar-refractivity contribution < 1.29 is 17.7 Å². The van der Waals surface area contributed by atoms with Crippen LogP contribution >= 0.6 is 11.6 Å². The van der Waals surface area contributed by atoms with Crippen molar-refractivity contribution in [3.05, 3.63) is 41.7 Å². The van der Waals surface area contributed by atoms with E-state index in [1.165, 1.54) is 18.2 Å². The minimum Gasteiger partial charge on any atom is -0.359 e. The third kappa shape index (κ3) is 2.61. The third-order valence-electron chi connectivity index (χ3n) is 2.18. The number of halogens is 4. The predicted molar refractivity (Wildman–Crippen MR) is 56.5 cm³/mol. The molecule has 17 heavy (non-hydrogen) atoms. The van der Waals surface area contributed by atoms with Crippen LogP contribution in [-0.2, 0) is 12.1 Å². The summed E-state index contributed by atoms with van der Waals surface area (Å²) in [6.45, 7) is 0. The summed E-state index contributed by atoms with van der Waals surface area (Å²) in [5.41, 5.74) is -0.0304. The molecule has 0 aliphatic rings. The second-order valence-corrected chi connectivity index (χ2v) is 3.66. The number of alkyl halides is 4. The summed E-state index contributed by atoms with van der Waals surface area (Å²) >= 11 is 5.52. The molecule has 6 heteroatoms. The number of hydrogen-bond acceptors (Lipinski definition) is 2. The standard InChI is InChI=1S/C11H7ClF3NO/c12-6-9-5-10(16-17-9)7-2-1-3-8(4-7)11(13,14)15/h1-5H,6H2. The van der Waals surface area contributed by atoms with Gasteiger partial charge >= 0.3 is 6.18 Å². The molecule has 0 saturated heterocycles. The van der Waals surface area contributed by atoms with Crippen molar-refractivity contribution in [1.29, 1.82) is 0 Å². The first-order valence-corrected chi connectivity index (χ1v) is 5.23. The van der Waals surface area contributed by atoms with E-state index in [1.54, 1.807) is 0 Å². The molecular weight excluding hydrogens is 255 g/mol. The zero-order valence-corrected chi connectivity index (χ0v) is 9.22. The summed E-state index contributed by atoms with van der Waals surface area (Å²) < 4.78 is 42.3. The highest BCUT2D eigenvalue weighted by atomic mass is 35.5. The van der Waals surface area contributed by atoms with Crippen molar-refractivity contribution >= 4 is 11.6 Å². The maximum Gasteiger partial charge on any atom is 0.416 e. The highest BCUT2D eigenvalue weighted by Crippen LogP contribution is 2.32. The highest BCUT2D eigenvalue weighted by Gasteiger charge is 2.30. The summed E-state index contributed by atoms with van der Waals surface area (Å²) in [5.74, 6) is 0.547. The van der Waals surface area contributed by atoms with Crippen LogP contribution < -0.4 is 0 Å². The maximum absolute atomic E-state index is 12.5. The SMILES string of the molecule is FC(F)(F)c1cccc(-c2cc(CCl)on2)c1. The van der Waals surface area contributed by atoms with Crippen LogP contribution in [0.1, 0.15) is 11.3 Å². The van der Waals surface area contributed by atoms with Crippen LogP contribution in [0.3, 0.4) is 0 Å². The smallest absolute Gasteiger partial charge is 0.359 e. The van der Waals surface area contributed by atoms with E-state index in [2.05, 4.69) is 5.16 Å². The van der Waals surface area contributed by atoms with E-state index < -0.39 is 11.7 Å². The van der Waals surface area contributed by atoms with Crippen molar-refractivity contribution in [2.75, 3.05) is 0 Å². The fourth-order valence-corrected chi connectivity index (χ4v) is 1.49. The van der Waals surface area contributed by atoms with Gasteiger partial charge in [0.1, 0.15) is 5.69 Å². The van der Waals surface area contributed by atoms with Gasteiger partial charge in [-0.15, -0.1) is 11.6 Å². The van der Waals surface area contributed by atoms with Gasteiger partial charge in [0, 0.05) is 11.6 Å². The molecule has 0 saturated carbocycles. The molecule has 1 aromatic heterocycles. The quantitative estimate of drug-likeness (QED) is 0.761. The zero-order valence-electron chi connectivity index (χ0n) is 8.46. The summed E-state index contributed by atoms with van der Waals surface area (Å²) in [5, 5.41) is 3.65. The van der Waals surface area contributed by atoms with E-state index in [9.17, 15) is 13.2 Å².